The average Bonchev–Trinajstić information content (AvgIpc) is 3.08. The van der Waals surface area contributed by atoms with E-state index < -0.39 is 0 Å². The van der Waals surface area contributed by atoms with Gasteiger partial charge in [0.05, 0.1) is 5.75 Å². The quantitative estimate of drug-likeness (QED) is 0.717. The van der Waals surface area contributed by atoms with E-state index in [4.69, 9.17) is 0 Å². The Labute approximate surface area is 170 Å². The average molecular weight is 409 g/mol. The Balaban J connectivity index is 0.00000196. The summed E-state index contributed by atoms with van der Waals surface area (Å²) in [5.41, 5.74) is 1.65. The van der Waals surface area contributed by atoms with Crippen molar-refractivity contribution in [3.05, 3.63) is 52.7 Å². The molecule has 140 valence electrons. The van der Waals surface area contributed by atoms with Crippen LogP contribution in [0.3, 0.4) is 0 Å². The van der Waals surface area contributed by atoms with Gasteiger partial charge < -0.3 is 10.2 Å². The number of carbonyl (C=O) groups is 1. The Morgan fingerprint density at radius 1 is 1.23 bits per heavy atom. The van der Waals surface area contributed by atoms with Crippen LogP contribution in [0.2, 0.25) is 0 Å². The van der Waals surface area contributed by atoms with Crippen LogP contribution in [0.15, 0.2) is 52.1 Å². The number of hydrogen-bond donors (Lipinski definition) is 1. The van der Waals surface area contributed by atoms with E-state index in [2.05, 4.69) is 39.2 Å². The zero-order valence-electron chi connectivity index (χ0n) is 14.7. The molecule has 1 atom stereocenters. The number of rotatable bonds is 6. The fourth-order valence-corrected chi connectivity index (χ4v) is 5.39. The fourth-order valence-electron chi connectivity index (χ4n) is 3.93. The van der Waals surface area contributed by atoms with Crippen molar-refractivity contribution in [3.63, 3.8) is 0 Å². The minimum Gasteiger partial charge on any atom is -0.334 e. The number of hydrogen-bond acceptors (Lipinski definition) is 4. The number of amides is 1. The summed E-state index contributed by atoms with van der Waals surface area (Å²) >= 11 is 3.36. The molecule has 2 aliphatic rings. The van der Waals surface area contributed by atoms with Gasteiger partial charge in [-0.05, 0) is 72.3 Å². The van der Waals surface area contributed by atoms with Crippen LogP contribution in [-0.4, -0.2) is 35.7 Å². The van der Waals surface area contributed by atoms with Crippen molar-refractivity contribution in [1.29, 1.82) is 0 Å². The highest BCUT2D eigenvalue weighted by molar-refractivity contribution is 8.00. The number of nitrogens with zero attached hydrogens (tertiary/aromatic N) is 1. The van der Waals surface area contributed by atoms with Crippen LogP contribution in [0.25, 0.3) is 0 Å². The maximum Gasteiger partial charge on any atom is 0.233 e. The van der Waals surface area contributed by atoms with Crippen LogP contribution in [0.1, 0.15) is 24.8 Å². The van der Waals surface area contributed by atoms with Gasteiger partial charge in [0.1, 0.15) is 0 Å². The van der Waals surface area contributed by atoms with Crippen molar-refractivity contribution in [2.75, 3.05) is 18.8 Å². The largest absolute Gasteiger partial charge is 0.334 e. The summed E-state index contributed by atoms with van der Waals surface area (Å²) in [4.78, 5) is 16.4. The van der Waals surface area contributed by atoms with Crippen molar-refractivity contribution >= 4 is 41.4 Å². The molecule has 1 saturated heterocycles. The van der Waals surface area contributed by atoms with Gasteiger partial charge in [0.15, 0.2) is 0 Å². The highest BCUT2D eigenvalue weighted by Crippen LogP contribution is 2.56. The standard InChI is InChI=1S/C20H24N2OS2.ClH/c23-19(15-25-17-4-2-1-3-5-17)22(13-16-6-11-24-14-16)18-12-20(18)7-9-21-10-8-20;/h1-6,11,14,18,21H,7-10,12-13,15H2;1H. The Bertz CT molecular complexity index is 702. The minimum absolute atomic E-state index is 0. The Morgan fingerprint density at radius 3 is 2.69 bits per heavy atom. The lowest BCUT2D eigenvalue weighted by molar-refractivity contribution is -0.130. The van der Waals surface area contributed by atoms with E-state index >= 15 is 0 Å². The second-order valence-corrected chi connectivity index (χ2v) is 8.92. The zero-order chi connectivity index (χ0) is 17.1. The van der Waals surface area contributed by atoms with Crippen LogP contribution >= 0.6 is 35.5 Å². The molecule has 1 spiro atoms. The van der Waals surface area contributed by atoms with E-state index in [1.165, 1.54) is 29.7 Å². The Morgan fingerprint density at radius 2 is 2.00 bits per heavy atom. The number of halogens is 1. The molecule has 1 unspecified atom stereocenters. The van der Waals surface area contributed by atoms with E-state index in [-0.39, 0.29) is 18.3 Å². The third-order valence-electron chi connectivity index (χ3n) is 5.48. The number of nitrogens with one attached hydrogen (secondary N) is 1. The maximum atomic E-state index is 13.0. The van der Waals surface area contributed by atoms with Gasteiger partial charge in [-0.15, -0.1) is 24.2 Å². The van der Waals surface area contributed by atoms with Gasteiger partial charge in [0.25, 0.3) is 0 Å². The topological polar surface area (TPSA) is 32.3 Å². The second kappa shape index (κ2) is 8.79. The van der Waals surface area contributed by atoms with Gasteiger partial charge in [-0.1, -0.05) is 18.2 Å². The highest BCUT2D eigenvalue weighted by atomic mass is 35.5. The van der Waals surface area contributed by atoms with Crippen LogP contribution < -0.4 is 5.32 Å². The van der Waals surface area contributed by atoms with Gasteiger partial charge in [-0.3, -0.25) is 4.79 Å². The molecule has 0 bridgehead atoms. The third kappa shape index (κ3) is 4.45. The molecule has 1 aromatic heterocycles. The summed E-state index contributed by atoms with van der Waals surface area (Å²) in [5.74, 6) is 0.805. The molecule has 1 aliphatic carbocycles. The predicted octanol–water partition coefficient (Wildman–Crippen LogP) is 4.43. The fraction of sp³-hybridized carbons (Fsp3) is 0.450. The summed E-state index contributed by atoms with van der Waals surface area (Å²) in [6.45, 7) is 2.95. The zero-order valence-corrected chi connectivity index (χ0v) is 17.2. The van der Waals surface area contributed by atoms with E-state index in [0.29, 0.717) is 17.2 Å². The number of thiophene rings is 1. The molecular formula is C20H25ClN2OS2. The summed E-state index contributed by atoms with van der Waals surface area (Å²) < 4.78 is 0. The van der Waals surface area contributed by atoms with E-state index in [1.54, 1.807) is 23.1 Å². The molecule has 2 heterocycles. The normalized spacial score (nSPS) is 20.4. The van der Waals surface area contributed by atoms with Gasteiger partial charge >= 0.3 is 0 Å². The molecular weight excluding hydrogens is 384 g/mol. The molecule has 4 rings (SSSR count). The number of thioether (sulfide) groups is 1. The summed E-state index contributed by atoms with van der Waals surface area (Å²) in [5, 5.41) is 7.73. The number of piperidine rings is 1. The lowest BCUT2D eigenvalue weighted by Gasteiger charge is -2.29. The molecule has 1 aliphatic heterocycles. The Kier molecular flexibility index (Phi) is 6.67. The lowest BCUT2D eigenvalue weighted by Crippen LogP contribution is -2.39. The molecule has 0 radical (unpaired) electrons. The van der Waals surface area contributed by atoms with Gasteiger partial charge in [-0.2, -0.15) is 11.3 Å². The molecule has 1 saturated carbocycles. The molecule has 26 heavy (non-hydrogen) atoms. The first-order valence-corrected chi connectivity index (χ1v) is 10.9. The smallest absolute Gasteiger partial charge is 0.233 e. The predicted molar refractivity (Wildman–Crippen MR) is 112 cm³/mol. The van der Waals surface area contributed by atoms with E-state index in [0.717, 1.165) is 19.6 Å². The number of benzene rings is 1. The minimum atomic E-state index is 0. The van der Waals surface area contributed by atoms with Crippen molar-refractivity contribution in [3.8, 4) is 0 Å². The molecule has 1 N–H and O–H groups in total. The molecule has 2 fully saturated rings. The second-order valence-electron chi connectivity index (χ2n) is 7.09. The summed E-state index contributed by atoms with van der Waals surface area (Å²) in [7, 11) is 0. The van der Waals surface area contributed by atoms with Crippen LogP contribution in [0, 0.1) is 5.41 Å². The van der Waals surface area contributed by atoms with Gasteiger partial charge in [-0.25, -0.2) is 0 Å². The first-order chi connectivity index (χ1) is 12.3. The van der Waals surface area contributed by atoms with Crippen LogP contribution in [-0.2, 0) is 11.3 Å². The van der Waals surface area contributed by atoms with Crippen LogP contribution in [0.5, 0.6) is 0 Å². The molecule has 1 aromatic carbocycles. The van der Waals surface area contributed by atoms with Crippen molar-refractivity contribution < 1.29 is 4.79 Å². The van der Waals surface area contributed by atoms with Crippen molar-refractivity contribution in [2.24, 2.45) is 5.41 Å². The molecule has 6 heteroatoms. The summed E-state index contributed by atoms with van der Waals surface area (Å²) in [6.07, 6.45) is 3.59. The molecule has 2 aromatic rings. The van der Waals surface area contributed by atoms with Gasteiger partial charge in [0.2, 0.25) is 5.91 Å². The van der Waals surface area contributed by atoms with E-state index in [9.17, 15) is 4.79 Å². The molecule has 1 amide bonds. The SMILES string of the molecule is Cl.O=C(CSc1ccccc1)N(Cc1ccsc1)C1CC12CCNCC2. The lowest BCUT2D eigenvalue weighted by atomic mass is 9.93. The monoisotopic (exact) mass is 408 g/mol. The van der Waals surface area contributed by atoms with E-state index in [1.807, 2.05) is 18.2 Å². The Hall–Kier alpha value is -1.01. The first kappa shape index (κ1) is 19.7. The third-order valence-corrected chi connectivity index (χ3v) is 7.21. The highest BCUT2D eigenvalue weighted by Gasteiger charge is 2.57. The number of carbonyl (C=O) groups excluding carboxylic acids is 1. The first-order valence-electron chi connectivity index (χ1n) is 8.96. The van der Waals surface area contributed by atoms with Crippen LogP contribution in [0.4, 0.5) is 0 Å². The maximum absolute atomic E-state index is 13.0. The van der Waals surface area contributed by atoms with Crippen molar-refractivity contribution in [1.82, 2.24) is 10.2 Å². The summed E-state index contributed by atoms with van der Waals surface area (Å²) in [6, 6.07) is 12.8. The van der Waals surface area contributed by atoms with Gasteiger partial charge in [0, 0.05) is 17.5 Å². The van der Waals surface area contributed by atoms with Crippen molar-refractivity contribution in [2.45, 2.75) is 36.7 Å². The molecule has 3 nitrogen and oxygen atoms in total.